The van der Waals surface area contributed by atoms with Gasteiger partial charge < -0.3 is 10.6 Å². The molecule has 2 heterocycles. The fraction of sp³-hybridized carbons (Fsp3) is 0.417. The molecule has 0 radical (unpaired) electrons. The number of aryl methyl sites for hydroxylation is 2. The Morgan fingerprint density at radius 2 is 2.26 bits per heavy atom. The summed E-state index contributed by atoms with van der Waals surface area (Å²) in [7, 11) is 0. The summed E-state index contributed by atoms with van der Waals surface area (Å²) in [6, 6.07) is -0.284. The van der Waals surface area contributed by atoms with Crippen LogP contribution < -0.4 is 10.6 Å². The summed E-state index contributed by atoms with van der Waals surface area (Å²) in [5.74, 6) is 0. The third-order valence-corrected chi connectivity index (χ3v) is 4.67. The molecule has 0 aliphatic rings. The average Bonchev–Trinajstić information content (AvgIpc) is 2.98. The van der Waals surface area contributed by atoms with Crippen molar-refractivity contribution in [3.05, 3.63) is 32.2 Å². The minimum Gasteiger partial charge on any atom is -0.332 e. The lowest BCUT2D eigenvalue weighted by atomic mass is 10.4. The van der Waals surface area contributed by atoms with Crippen molar-refractivity contribution in [2.45, 2.75) is 33.4 Å². The van der Waals surface area contributed by atoms with Crippen LogP contribution in [0.3, 0.4) is 0 Å². The highest BCUT2D eigenvalue weighted by atomic mass is 32.1. The quantitative estimate of drug-likeness (QED) is 0.911. The topological polar surface area (TPSA) is 66.9 Å². The van der Waals surface area contributed by atoms with Gasteiger partial charge in [0.15, 0.2) is 0 Å². The molecular weight excluding hydrogens is 280 g/mol. The smallest absolute Gasteiger partial charge is 0.315 e. The van der Waals surface area contributed by atoms with Crippen molar-refractivity contribution in [2.24, 2.45) is 0 Å². The molecule has 19 heavy (non-hydrogen) atoms. The van der Waals surface area contributed by atoms with Crippen molar-refractivity contribution in [1.29, 1.82) is 0 Å². The number of nitrogens with one attached hydrogen (secondary N) is 2. The van der Waals surface area contributed by atoms with E-state index in [4.69, 9.17) is 0 Å². The minimum atomic E-state index is -0.201. The van der Waals surface area contributed by atoms with Gasteiger partial charge >= 0.3 is 6.03 Å². The SMILES string of the molecule is Cc1nc(CNC(=O)N[C@@H](C)c2nccs2)sc1C. The van der Waals surface area contributed by atoms with Gasteiger partial charge in [0, 0.05) is 16.5 Å². The molecule has 2 aromatic rings. The maximum atomic E-state index is 11.7. The first-order valence-corrected chi connectivity index (χ1v) is 7.62. The van der Waals surface area contributed by atoms with Crippen LogP contribution in [0, 0.1) is 13.8 Å². The highest BCUT2D eigenvalue weighted by Crippen LogP contribution is 2.16. The Morgan fingerprint density at radius 1 is 1.47 bits per heavy atom. The number of thiazole rings is 2. The summed E-state index contributed by atoms with van der Waals surface area (Å²) in [5.41, 5.74) is 1.03. The molecule has 102 valence electrons. The van der Waals surface area contributed by atoms with Gasteiger partial charge in [0.25, 0.3) is 0 Å². The van der Waals surface area contributed by atoms with E-state index in [1.54, 1.807) is 17.5 Å². The molecule has 0 aliphatic carbocycles. The van der Waals surface area contributed by atoms with Crippen LogP contribution in [0.1, 0.15) is 33.6 Å². The van der Waals surface area contributed by atoms with Gasteiger partial charge in [-0.1, -0.05) is 0 Å². The normalized spacial score (nSPS) is 12.2. The van der Waals surface area contributed by atoms with Gasteiger partial charge in [-0.2, -0.15) is 0 Å². The first-order valence-electron chi connectivity index (χ1n) is 5.93. The third-order valence-electron chi connectivity index (χ3n) is 2.64. The average molecular weight is 296 g/mol. The molecule has 2 amide bonds. The maximum absolute atomic E-state index is 11.7. The van der Waals surface area contributed by atoms with Crippen molar-refractivity contribution >= 4 is 28.7 Å². The van der Waals surface area contributed by atoms with Crippen LogP contribution in [0.5, 0.6) is 0 Å². The van der Waals surface area contributed by atoms with E-state index in [9.17, 15) is 4.79 Å². The van der Waals surface area contributed by atoms with E-state index in [2.05, 4.69) is 20.6 Å². The molecule has 0 spiro atoms. The van der Waals surface area contributed by atoms with E-state index < -0.39 is 0 Å². The van der Waals surface area contributed by atoms with E-state index in [0.29, 0.717) is 6.54 Å². The molecule has 0 aliphatic heterocycles. The number of hydrogen-bond donors (Lipinski definition) is 2. The molecule has 2 N–H and O–H groups in total. The summed E-state index contributed by atoms with van der Waals surface area (Å²) in [6.45, 7) is 6.37. The van der Waals surface area contributed by atoms with Crippen LogP contribution in [0.2, 0.25) is 0 Å². The molecule has 0 fully saturated rings. The molecule has 1 atom stereocenters. The molecule has 0 unspecified atom stereocenters. The van der Waals surface area contributed by atoms with Crippen molar-refractivity contribution in [3.63, 3.8) is 0 Å². The Hall–Kier alpha value is -1.47. The van der Waals surface area contributed by atoms with E-state index in [1.807, 2.05) is 26.2 Å². The van der Waals surface area contributed by atoms with Crippen LogP contribution in [-0.2, 0) is 6.54 Å². The zero-order chi connectivity index (χ0) is 13.8. The fourth-order valence-electron chi connectivity index (χ4n) is 1.53. The summed E-state index contributed by atoms with van der Waals surface area (Å²) in [6.07, 6.45) is 1.73. The summed E-state index contributed by atoms with van der Waals surface area (Å²) in [4.78, 5) is 21.5. The molecule has 0 aromatic carbocycles. The molecule has 7 heteroatoms. The lowest BCUT2D eigenvalue weighted by Gasteiger charge is -2.11. The Morgan fingerprint density at radius 3 is 2.84 bits per heavy atom. The molecule has 0 saturated carbocycles. The van der Waals surface area contributed by atoms with Gasteiger partial charge in [0.2, 0.25) is 0 Å². The maximum Gasteiger partial charge on any atom is 0.315 e. The van der Waals surface area contributed by atoms with Crippen LogP contribution in [0.15, 0.2) is 11.6 Å². The Bertz CT molecular complexity index is 531. The van der Waals surface area contributed by atoms with E-state index in [0.717, 1.165) is 15.7 Å². The number of rotatable bonds is 4. The highest BCUT2D eigenvalue weighted by molar-refractivity contribution is 7.11. The Labute approximate surface area is 120 Å². The van der Waals surface area contributed by atoms with E-state index in [1.165, 1.54) is 16.2 Å². The molecule has 0 bridgehead atoms. The van der Waals surface area contributed by atoms with Gasteiger partial charge in [-0.3, -0.25) is 0 Å². The van der Waals surface area contributed by atoms with Crippen LogP contribution >= 0.6 is 22.7 Å². The van der Waals surface area contributed by atoms with Gasteiger partial charge in [0.1, 0.15) is 10.0 Å². The molecular formula is C12H16N4OS2. The largest absolute Gasteiger partial charge is 0.332 e. The number of aromatic nitrogens is 2. The summed E-state index contributed by atoms with van der Waals surface area (Å²) < 4.78 is 0. The number of carbonyl (C=O) groups excluding carboxylic acids is 1. The van der Waals surface area contributed by atoms with Gasteiger partial charge in [-0.05, 0) is 20.8 Å². The second-order valence-corrected chi connectivity index (χ2v) is 6.38. The number of amides is 2. The fourth-order valence-corrected chi connectivity index (χ4v) is 3.05. The van der Waals surface area contributed by atoms with E-state index >= 15 is 0 Å². The van der Waals surface area contributed by atoms with Gasteiger partial charge in [0.05, 0.1) is 18.3 Å². The summed E-state index contributed by atoms with van der Waals surface area (Å²) >= 11 is 3.14. The van der Waals surface area contributed by atoms with Gasteiger partial charge in [-0.15, -0.1) is 22.7 Å². The minimum absolute atomic E-state index is 0.0835. The standard InChI is InChI=1S/C12H16N4OS2/c1-7-9(3)19-10(15-7)6-14-12(17)16-8(2)11-13-4-5-18-11/h4-5,8H,6H2,1-3H3,(H2,14,16,17)/t8-/m0/s1. The predicted octanol–water partition coefficient (Wildman–Crippen LogP) is 2.78. The second kappa shape index (κ2) is 6.12. The van der Waals surface area contributed by atoms with Crippen molar-refractivity contribution < 1.29 is 4.79 Å². The number of hydrogen-bond acceptors (Lipinski definition) is 5. The zero-order valence-electron chi connectivity index (χ0n) is 11.1. The highest BCUT2D eigenvalue weighted by Gasteiger charge is 2.12. The third kappa shape index (κ3) is 3.74. The van der Waals surface area contributed by atoms with Crippen LogP contribution in [-0.4, -0.2) is 16.0 Å². The monoisotopic (exact) mass is 296 g/mol. The number of carbonyl (C=O) groups is 1. The van der Waals surface area contributed by atoms with Crippen molar-refractivity contribution in [1.82, 2.24) is 20.6 Å². The van der Waals surface area contributed by atoms with E-state index in [-0.39, 0.29) is 12.1 Å². The molecule has 2 rings (SSSR count). The molecule has 2 aromatic heterocycles. The lowest BCUT2D eigenvalue weighted by Crippen LogP contribution is -2.36. The first-order chi connectivity index (χ1) is 9.06. The first kappa shape index (κ1) is 14.0. The zero-order valence-corrected chi connectivity index (χ0v) is 12.7. The van der Waals surface area contributed by atoms with Crippen LogP contribution in [0.4, 0.5) is 4.79 Å². The van der Waals surface area contributed by atoms with Crippen molar-refractivity contribution in [2.75, 3.05) is 0 Å². The number of urea groups is 1. The lowest BCUT2D eigenvalue weighted by molar-refractivity contribution is 0.237. The van der Waals surface area contributed by atoms with Crippen LogP contribution in [0.25, 0.3) is 0 Å². The van der Waals surface area contributed by atoms with Crippen molar-refractivity contribution in [3.8, 4) is 0 Å². The second-order valence-electron chi connectivity index (χ2n) is 4.17. The predicted molar refractivity (Wildman–Crippen MR) is 77.5 cm³/mol. The summed E-state index contributed by atoms with van der Waals surface area (Å²) in [5, 5.41) is 9.37. The Balaban J connectivity index is 1.81. The Kier molecular flexibility index (Phi) is 4.49. The molecule has 5 nitrogen and oxygen atoms in total. The molecule has 0 saturated heterocycles. The number of nitrogens with zero attached hydrogens (tertiary/aromatic N) is 2. The van der Waals surface area contributed by atoms with Gasteiger partial charge in [-0.25, -0.2) is 14.8 Å².